The predicted molar refractivity (Wildman–Crippen MR) is 114 cm³/mol. The van der Waals surface area contributed by atoms with Crippen molar-refractivity contribution in [3.63, 3.8) is 0 Å². The molecule has 0 saturated carbocycles. The van der Waals surface area contributed by atoms with Gasteiger partial charge in [-0.25, -0.2) is 0 Å². The molecule has 162 valence electrons. The number of carbonyl (C=O) groups excluding carboxylic acids is 1. The van der Waals surface area contributed by atoms with Gasteiger partial charge in [0.2, 0.25) is 11.7 Å². The zero-order chi connectivity index (χ0) is 22.4. The number of nitro groups is 1. The molecule has 1 heterocycles. The number of ether oxygens (including phenoxy) is 1. The van der Waals surface area contributed by atoms with Crippen molar-refractivity contribution >= 4 is 11.6 Å². The van der Waals surface area contributed by atoms with E-state index in [0.717, 1.165) is 6.42 Å². The van der Waals surface area contributed by atoms with Gasteiger partial charge in [0.15, 0.2) is 0 Å². The molecule has 0 saturated heterocycles. The molecular weight excluding hydrogens is 400 g/mol. The quantitative estimate of drug-likeness (QED) is 0.375. The van der Waals surface area contributed by atoms with Gasteiger partial charge in [0.25, 0.3) is 11.6 Å². The summed E-state index contributed by atoms with van der Waals surface area (Å²) in [5.41, 5.74) is 1.03. The number of nitrogens with zero attached hydrogens (tertiary/aromatic N) is 4. The number of nitro benzene ring substituents is 1. The Morgan fingerprint density at radius 3 is 2.65 bits per heavy atom. The Hall–Kier alpha value is -3.75. The topological polar surface area (TPSA) is 112 Å². The van der Waals surface area contributed by atoms with Crippen LogP contribution < -0.4 is 4.74 Å². The minimum Gasteiger partial charge on any atom is -0.497 e. The molecule has 31 heavy (non-hydrogen) atoms. The highest BCUT2D eigenvalue weighted by Gasteiger charge is 2.22. The first-order valence-corrected chi connectivity index (χ1v) is 9.95. The van der Waals surface area contributed by atoms with Gasteiger partial charge in [0.1, 0.15) is 5.75 Å². The van der Waals surface area contributed by atoms with Crippen molar-refractivity contribution in [2.75, 3.05) is 13.7 Å². The monoisotopic (exact) mass is 424 g/mol. The van der Waals surface area contributed by atoms with Crippen molar-refractivity contribution in [2.45, 2.75) is 32.7 Å². The lowest BCUT2D eigenvalue weighted by atomic mass is 10.1. The SMILES string of the molecule is CCC(C)N(CCc1nc(-c2cccc([N+](=O)[O-])c2)no1)C(=O)c1ccc(OC)cc1. The third-order valence-electron chi connectivity index (χ3n) is 5.07. The first-order chi connectivity index (χ1) is 14.9. The summed E-state index contributed by atoms with van der Waals surface area (Å²) < 4.78 is 10.5. The molecule has 1 aromatic heterocycles. The summed E-state index contributed by atoms with van der Waals surface area (Å²) in [7, 11) is 1.58. The van der Waals surface area contributed by atoms with Crippen LogP contribution in [0, 0.1) is 10.1 Å². The molecule has 9 heteroatoms. The largest absolute Gasteiger partial charge is 0.497 e. The second-order valence-electron chi connectivity index (χ2n) is 7.05. The highest BCUT2D eigenvalue weighted by atomic mass is 16.6. The molecule has 1 atom stereocenters. The number of non-ortho nitro benzene ring substituents is 1. The van der Waals surface area contributed by atoms with Gasteiger partial charge in [-0.2, -0.15) is 4.98 Å². The molecular formula is C22H24N4O5. The van der Waals surface area contributed by atoms with Crippen molar-refractivity contribution in [1.82, 2.24) is 15.0 Å². The van der Waals surface area contributed by atoms with Crippen LogP contribution in [0.25, 0.3) is 11.4 Å². The van der Waals surface area contributed by atoms with Gasteiger partial charge in [0.05, 0.1) is 12.0 Å². The van der Waals surface area contributed by atoms with Crippen LogP contribution in [0.3, 0.4) is 0 Å². The Balaban J connectivity index is 1.73. The van der Waals surface area contributed by atoms with E-state index >= 15 is 0 Å². The van der Waals surface area contributed by atoms with Gasteiger partial charge >= 0.3 is 0 Å². The van der Waals surface area contributed by atoms with Crippen LogP contribution in [0.5, 0.6) is 5.75 Å². The molecule has 0 aliphatic carbocycles. The van der Waals surface area contributed by atoms with Crippen LogP contribution in [0.15, 0.2) is 53.1 Å². The summed E-state index contributed by atoms with van der Waals surface area (Å²) in [4.78, 5) is 29.7. The Morgan fingerprint density at radius 2 is 2.00 bits per heavy atom. The molecule has 9 nitrogen and oxygen atoms in total. The molecule has 2 aromatic carbocycles. The van der Waals surface area contributed by atoms with E-state index in [2.05, 4.69) is 10.1 Å². The van der Waals surface area contributed by atoms with Crippen LogP contribution in [0.4, 0.5) is 5.69 Å². The molecule has 3 rings (SSSR count). The normalized spacial score (nSPS) is 11.7. The second kappa shape index (κ2) is 9.84. The van der Waals surface area contributed by atoms with Crippen LogP contribution in [0.1, 0.15) is 36.5 Å². The fourth-order valence-corrected chi connectivity index (χ4v) is 3.09. The number of hydrogen-bond donors (Lipinski definition) is 0. The van der Waals surface area contributed by atoms with Crippen molar-refractivity contribution in [3.8, 4) is 17.1 Å². The number of benzene rings is 2. The van der Waals surface area contributed by atoms with Gasteiger partial charge < -0.3 is 14.2 Å². The van der Waals surface area contributed by atoms with Gasteiger partial charge in [-0.15, -0.1) is 0 Å². The minimum absolute atomic E-state index is 0.0220. The summed E-state index contributed by atoms with van der Waals surface area (Å²) in [5.74, 6) is 1.23. The third-order valence-corrected chi connectivity index (χ3v) is 5.07. The van der Waals surface area contributed by atoms with E-state index in [-0.39, 0.29) is 23.5 Å². The molecule has 0 bridgehead atoms. The minimum atomic E-state index is -0.473. The van der Waals surface area contributed by atoms with Crippen LogP contribution in [-0.2, 0) is 6.42 Å². The number of rotatable bonds is 9. The van der Waals surface area contributed by atoms with Gasteiger partial charge in [-0.3, -0.25) is 14.9 Å². The van der Waals surface area contributed by atoms with Gasteiger partial charge in [-0.1, -0.05) is 24.2 Å². The van der Waals surface area contributed by atoms with Crippen LogP contribution in [0.2, 0.25) is 0 Å². The average molecular weight is 424 g/mol. The van der Waals surface area contributed by atoms with E-state index in [0.29, 0.717) is 35.7 Å². The number of methoxy groups -OCH3 is 1. The number of hydrogen-bond acceptors (Lipinski definition) is 7. The molecule has 0 fully saturated rings. The second-order valence-corrected chi connectivity index (χ2v) is 7.05. The molecule has 0 spiro atoms. The van der Waals surface area contributed by atoms with Crippen molar-refractivity contribution in [2.24, 2.45) is 0 Å². The highest BCUT2D eigenvalue weighted by molar-refractivity contribution is 5.94. The maximum absolute atomic E-state index is 13.0. The maximum Gasteiger partial charge on any atom is 0.270 e. The van der Waals surface area contributed by atoms with E-state index in [1.165, 1.54) is 12.1 Å². The fraction of sp³-hybridized carbons (Fsp3) is 0.318. The molecule has 0 radical (unpaired) electrons. The van der Waals surface area contributed by atoms with Crippen molar-refractivity contribution in [3.05, 3.63) is 70.1 Å². The first-order valence-electron chi connectivity index (χ1n) is 9.95. The van der Waals surface area contributed by atoms with E-state index < -0.39 is 4.92 Å². The lowest BCUT2D eigenvalue weighted by molar-refractivity contribution is -0.384. The Kier molecular flexibility index (Phi) is 6.96. The Bertz CT molecular complexity index is 1050. The maximum atomic E-state index is 13.0. The Labute approximate surface area is 179 Å². The van der Waals surface area contributed by atoms with Gasteiger partial charge in [0, 0.05) is 42.3 Å². The number of aromatic nitrogens is 2. The van der Waals surface area contributed by atoms with E-state index in [4.69, 9.17) is 9.26 Å². The smallest absolute Gasteiger partial charge is 0.270 e. The summed E-state index contributed by atoms with van der Waals surface area (Å²) in [6.45, 7) is 4.41. The lowest BCUT2D eigenvalue weighted by Crippen LogP contribution is -2.39. The fourth-order valence-electron chi connectivity index (χ4n) is 3.09. The van der Waals surface area contributed by atoms with E-state index in [1.807, 2.05) is 13.8 Å². The number of amides is 1. The molecule has 1 unspecified atom stereocenters. The summed E-state index contributed by atoms with van der Waals surface area (Å²) in [6.07, 6.45) is 1.17. The molecule has 0 aliphatic heterocycles. The summed E-state index contributed by atoms with van der Waals surface area (Å²) in [6, 6.07) is 13.1. The molecule has 0 aliphatic rings. The summed E-state index contributed by atoms with van der Waals surface area (Å²) in [5, 5.41) is 14.9. The average Bonchev–Trinajstić information content (AvgIpc) is 3.28. The Morgan fingerprint density at radius 1 is 1.26 bits per heavy atom. The van der Waals surface area contributed by atoms with Crippen molar-refractivity contribution < 1.29 is 19.0 Å². The summed E-state index contributed by atoms with van der Waals surface area (Å²) >= 11 is 0. The van der Waals surface area contributed by atoms with Crippen molar-refractivity contribution in [1.29, 1.82) is 0 Å². The molecule has 3 aromatic rings. The lowest BCUT2D eigenvalue weighted by Gasteiger charge is -2.28. The highest BCUT2D eigenvalue weighted by Crippen LogP contribution is 2.22. The number of carbonyl (C=O) groups is 1. The zero-order valence-corrected chi connectivity index (χ0v) is 17.6. The zero-order valence-electron chi connectivity index (χ0n) is 17.6. The third kappa shape index (κ3) is 5.25. The van der Waals surface area contributed by atoms with Crippen LogP contribution >= 0.6 is 0 Å². The van der Waals surface area contributed by atoms with Crippen LogP contribution in [-0.4, -0.2) is 45.6 Å². The van der Waals surface area contributed by atoms with E-state index in [9.17, 15) is 14.9 Å². The molecule has 1 amide bonds. The first kappa shape index (κ1) is 21.9. The standard InChI is InChI=1S/C22H24N4O5/c1-4-15(2)25(22(27)16-8-10-19(30-3)11-9-16)13-12-20-23-21(24-31-20)17-6-5-7-18(14-17)26(28)29/h5-11,14-15H,4,12-13H2,1-3H3. The van der Waals surface area contributed by atoms with E-state index in [1.54, 1.807) is 48.4 Å². The predicted octanol–water partition coefficient (Wildman–Crippen LogP) is 4.14. The van der Waals surface area contributed by atoms with Gasteiger partial charge in [-0.05, 0) is 37.6 Å². The molecule has 0 N–H and O–H groups in total.